The number of nitrogens with one attached hydrogen (secondary N) is 1. The summed E-state index contributed by atoms with van der Waals surface area (Å²) in [4.78, 5) is 10.5. The molecular weight excluding hydrogens is 231 g/mol. The molecule has 94 valence electrons. The molecule has 1 saturated heterocycles. The van der Waals surface area contributed by atoms with Gasteiger partial charge in [-0.15, -0.1) is 0 Å². The lowest BCUT2D eigenvalue weighted by atomic mass is 10.1. The van der Waals surface area contributed by atoms with Crippen LogP contribution in [-0.4, -0.2) is 53.3 Å². The number of hydrogen-bond donors (Lipinski definition) is 3. The van der Waals surface area contributed by atoms with Gasteiger partial charge < -0.3 is 20.3 Å². The van der Waals surface area contributed by atoms with Crippen LogP contribution in [0.15, 0.2) is 0 Å². The lowest BCUT2D eigenvalue weighted by Gasteiger charge is -2.15. The largest absolute Gasteiger partial charge is 0.471 e. The van der Waals surface area contributed by atoms with Gasteiger partial charge in [0.15, 0.2) is 0 Å². The van der Waals surface area contributed by atoms with Crippen molar-refractivity contribution in [2.75, 3.05) is 6.54 Å². The number of alkyl halides is 3. The number of carbonyl (C=O) groups excluding carboxylic acids is 1. The van der Waals surface area contributed by atoms with Gasteiger partial charge in [-0.3, -0.25) is 4.79 Å². The quantitative estimate of drug-likeness (QED) is 0.591. The third-order valence-electron chi connectivity index (χ3n) is 2.32. The summed E-state index contributed by atoms with van der Waals surface area (Å²) >= 11 is 0. The maximum Gasteiger partial charge on any atom is 0.471 e. The van der Waals surface area contributed by atoms with E-state index in [1.54, 1.807) is 5.32 Å². The van der Waals surface area contributed by atoms with Crippen LogP contribution in [-0.2, 0) is 9.53 Å². The van der Waals surface area contributed by atoms with Gasteiger partial charge in [0.25, 0.3) is 0 Å². The van der Waals surface area contributed by atoms with Gasteiger partial charge >= 0.3 is 12.1 Å². The van der Waals surface area contributed by atoms with Gasteiger partial charge in [0, 0.05) is 6.54 Å². The van der Waals surface area contributed by atoms with Crippen molar-refractivity contribution < 1.29 is 32.9 Å². The van der Waals surface area contributed by atoms with E-state index in [2.05, 4.69) is 0 Å². The highest BCUT2D eigenvalue weighted by atomic mass is 19.4. The molecule has 0 bridgehead atoms. The average Bonchev–Trinajstić information content (AvgIpc) is 2.41. The fourth-order valence-electron chi connectivity index (χ4n) is 1.40. The molecule has 4 atom stereocenters. The van der Waals surface area contributed by atoms with Crippen LogP contribution in [0.4, 0.5) is 13.2 Å². The highest BCUT2D eigenvalue weighted by Crippen LogP contribution is 2.21. The van der Waals surface area contributed by atoms with Crippen LogP contribution in [0, 0.1) is 0 Å². The molecular formula is C8H12F3NO4. The van der Waals surface area contributed by atoms with Crippen molar-refractivity contribution in [2.45, 2.75) is 37.5 Å². The van der Waals surface area contributed by atoms with E-state index < -0.39 is 43.0 Å². The van der Waals surface area contributed by atoms with E-state index in [9.17, 15) is 28.2 Å². The van der Waals surface area contributed by atoms with Gasteiger partial charge in [-0.2, -0.15) is 13.2 Å². The topological polar surface area (TPSA) is 78.8 Å². The normalized spacial score (nSPS) is 35.1. The molecule has 1 aliphatic rings. The Morgan fingerprint density at radius 3 is 2.31 bits per heavy atom. The first-order valence-corrected chi connectivity index (χ1v) is 4.60. The van der Waals surface area contributed by atoms with E-state index in [4.69, 9.17) is 4.74 Å². The molecule has 1 aliphatic heterocycles. The predicted molar refractivity (Wildman–Crippen MR) is 45.4 cm³/mol. The number of halogens is 3. The summed E-state index contributed by atoms with van der Waals surface area (Å²) in [6.45, 7) is 0.973. The standard InChI is InChI=1S/C8H12F3NO4/c1-3-5(13)6(14)4(16-3)2-12-7(15)8(9,10)11/h3-6,13-14H,2H2,1H3,(H,12,15)/t3-,4+,5+,6+/m1/s1. The summed E-state index contributed by atoms with van der Waals surface area (Å²) in [5.41, 5.74) is 0. The average molecular weight is 243 g/mol. The van der Waals surface area contributed by atoms with E-state index in [1.165, 1.54) is 6.92 Å². The van der Waals surface area contributed by atoms with Crippen LogP contribution in [0.5, 0.6) is 0 Å². The molecule has 1 amide bonds. The van der Waals surface area contributed by atoms with Crippen molar-refractivity contribution in [3.8, 4) is 0 Å². The lowest BCUT2D eigenvalue weighted by Crippen LogP contribution is -2.44. The van der Waals surface area contributed by atoms with Gasteiger partial charge in [-0.1, -0.05) is 0 Å². The molecule has 1 fully saturated rings. The zero-order valence-electron chi connectivity index (χ0n) is 8.36. The molecule has 3 N–H and O–H groups in total. The van der Waals surface area contributed by atoms with Crippen molar-refractivity contribution in [1.29, 1.82) is 0 Å². The Morgan fingerprint density at radius 1 is 1.38 bits per heavy atom. The minimum absolute atomic E-state index is 0.499. The molecule has 0 aliphatic carbocycles. The van der Waals surface area contributed by atoms with Gasteiger partial charge in [-0.25, -0.2) is 0 Å². The van der Waals surface area contributed by atoms with E-state index in [1.807, 2.05) is 0 Å². The smallest absolute Gasteiger partial charge is 0.388 e. The number of aliphatic hydroxyl groups is 2. The first-order chi connectivity index (χ1) is 7.23. The van der Waals surface area contributed by atoms with E-state index in [-0.39, 0.29) is 0 Å². The Hall–Kier alpha value is -0.860. The first kappa shape index (κ1) is 13.2. The Bertz CT molecular complexity index is 270. The summed E-state index contributed by atoms with van der Waals surface area (Å²) in [6, 6.07) is 0. The van der Waals surface area contributed by atoms with Crippen molar-refractivity contribution in [2.24, 2.45) is 0 Å². The second kappa shape index (κ2) is 4.56. The fourth-order valence-corrected chi connectivity index (χ4v) is 1.40. The number of carbonyl (C=O) groups is 1. The molecule has 8 heteroatoms. The second-order valence-electron chi connectivity index (χ2n) is 3.57. The van der Waals surface area contributed by atoms with Crippen molar-refractivity contribution in [3.63, 3.8) is 0 Å². The van der Waals surface area contributed by atoms with Gasteiger partial charge in [-0.05, 0) is 6.92 Å². The number of ether oxygens (including phenoxy) is 1. The van der Waals surface area contributed by atoms with Crippen LogP contribution >= 0.6 is 0 Å². The third kappa shape index (κ3) is 2.83. The third-order valence-corrected chi connectivity index (χ3v) is 2.32. The highest BCUT2D eigenvalue weighted by molar-refractivity contribution is 5.81. The van der Waals surface area contributed by atoms with E-state index in [0.29, 0.717) is 0 Å². The number of rotatable bonds is 2. The molecule has 0 aromatic carbocycles. The Balaban J connectivity index is 2.43. The summed E-state index contributed by atoms with van der Waals surface area (Å²) in [6.07, 6.45) is -9.14. The van der Waals surface area contributed by atoms with Gasteiger partial charge in [0.1, 0.15) is 18.3 Å². The van der Waals surface area contributed by atoms with Crippen molar-refractivity contribution in [3.05, 3.63) is 0 Å². The molecule has 5 nitrogen and oxygen atoms in total. The summed E-state index contributed by atoms with van der Waals surface area (Å²) in [5.74, 6) is -2.10. The first-order valence-electron chi connectivity index (χ1n) is 4.60. The zero-order valence-corrected chi connectivity index (χ0v) is 8.36. The molecule has 1 rings (SSSR count). The molecule has 0 spiro atoms. The van der Waals surface area contributed by atoms with Crippen LogP contribution in [0.2, 0.25) is 0 Å². The van der Waals surface area contributed by atoms with E-state index in [0.717, 1.165) is 0 Å². The highest BCUT2D eigenvalue weighted by Gasteiger charge is 2.43. The minimum atomic E-state index is -4.96. The second-order valence-corrected chi connectivity index (χ2v) is 3.57. The molecule has 0 saturated carbocycles. The van der Waals surface area contributed by atoms with Crippen molar-refractivity contribution >= 4 is 5.91 Å². The molecule has 16 heavy (non-hydrogen) atoms. The fraction of sp³-hybridized carbons (Fsp3) is 0.875. The van der Waals surface area contributed by atoms with Crippen LogP contribution in [0.3, 0.4) is 0 Å². The number of amides is 1. The Kier molecular flexibility index (Phi) is 3.76. The lowest BCUT2D eigenvalue weighted by molar-refractivity contribution is -0.174. The summed E-state index contributed by atoms with van der Waals surface area (Å²) < 4.78 is 40.4. The van der Waals surface area contributed by atoms with Crippen LogP contribution < -0.4 is 5.32 Å². The maximum absolute atomic E-state index is 11.8. The summed E-state index contributed by atoms with van der Waals surface area (Å²) in [7, 11) is 0. The van der Waals surface area contributed by atoms with Gasteiger partial charge in [0.2, 0.25) is 0 Å². The Morgan fingerprint density at radius 2 is 1.94 bits per heavy atom. The molecule has 0 aromatic heterocycles. The molecule has 0 radical (unpaired) electrons. The molecule has 0 unspecified atom stereocenters. The monoisotopic (exact) mass is 243 g/mol. The van der Waals surface area contributed by atoms with Crippen molar-refractivity contribution in [1.82, 2.24) is 5.32 Å². The van der Waals surface area contributed by atoms with Gasteiger partial charge in [0.05, 0.1) is 6.10 Å². The van der Waals surface area contributed by atoms with Crippen LogP contribution in [0.25, 0.3) is 0 Å². The molecule has 0 aromatic rings. The minimum Gasteiger partial charge on any atom is -0.388 e. The molecule has 1 heterocycles. The number of aliphatic hydroxyl groups excluding tert-OH is 2. The Labute approximate surface area is 89.2 Å². The SMILES string of the molecule is C[C@H]1O[C@@H](CNC(=O)C(F)(F)F)[C@H](O)[C@H]1O. The maximum atomic E-state index is 11.8. The number of hydrogen-bond acceptors (Lipinski definition) is 4. The zero-order chi connectivity index (χ0) is 12.5. The van der Waals surface area contributed by atoms with E-state index >= 15 is 0 Å². The van der Waals surface area contributed by atoms with Crippen LogP contribution in [0.1, 0.15) is 6.92 Å². The summed E-state index contributed by atoms with van der Waals surface area (Å²) in [5, 5.41) is 20.2. The predicted octanol–water partition coefficient (Wildman–Crippen LogP) is -0.826.